The number of ether oxygens (including phenoxy) is 2. The van der Waals surface area contributed by atoms with E-state index in [0.29, 0.717) is 19.0 Å². The molecule has 8 heteroatoms. The molecular formula is C18H22N4O4. The van der Waals surface area contributed by atoms with Gasteiger partial charge < -0.3 is 23.8 Å². The van der Waals surface area contributed by atoms with Gasteiger partial charge in [-0.15, -0.1) is 0 Å². The fourth-order valence-corrected chi connectivity index (χ4v) is 3.44. The summed E-state index contributed by atoms with van der Waals surface area (Å²) in [7, 11) is 1.48. The molecule has 2 aliphatic heterocycles. The Labute approximate surface area is 151 Å². The number of carbonyl (C=O) groups is 1. The number of aromatic nitrogens is 2. The predicted octanol–water partition coefficient (Wildman–Crippen LogP) is 1.97. The number of hydrogen-bond donors (Lipinski definition) is 0. The number of pyridine rings is 1. The summed E-state index contributed by atoms with van der Waals surface area (Å²) < 4.78 is 16.2. The molecule has 2 aromatic rings. The van der Waals surface area contributed by atoms with Gasteiger partial charge in [-0.3, -0.25) is 4.79 Å². The molecule has 2 fully saturated rings. The lowest BCUT2D eigenvalue weighted by Gasteiger charge is -2.22. The van der Waals surface area contributed by atoms with E-state index in [2.05, 4.69) is 15.0 Å². The van der Waals surface area contributed by atoms with Crippen LogP contribution in [0.1, 0.15) is 29.8 Å². The van der Waals surface area contributed by atoms with Crippen molar-refractivity contribution in [3.63, 3.8) is 0 Å². The molecule has 2 saturated heterocycles. The van der Waals surface area contributed by atoms with Crippen molar-refractivity contribution in [2.24, 2.45) is 0 Å². The fourth-order valence-electron chi connectivity index (χ4n) is 3.44. The second kappa shape index (κ2) is 7.23. The minimum atomic E-state index is -0.196. The molecule has 0 spiro atoms. The second-order valence-corrected chi connectivity index (χ2v) is 6.53. The van der Waals surface area contributed by atoms with E-state index in [-0.39, 0.29) is 17.8 Å². The monoisotopic (exact) mass is 358 g/mol. The Morgan fingerprint density at radius 3 is 2.92 bits per heavy atom. The van der Waals surface area contributed by atoms with Crippen LogP contribution in [0, 0.1) is 0 Å². The molecule has 0 N–H and O–H groups in total. The first-order valence-corrected chi connectivity index (χ1v) is 8.91. The van der Waals surface area contributed by atoms with Crippen molar-refractivity contribution in [1.29, 1.82) is 0 Å². The zero-order valence-corrected chi connectivity index (χ0v) is 14.8. The van der Waals surface area contributed by atoms with Crippen LogP contribution < -0.4 is 14.4 Å². The van der Waals surface area contributed by atoms with E-state index in [9.17, 15) is 4.79 Å². The molecule has 0 aromatic carbocycles. The van der Waals surface area contributed by atoms with E-state index in [1.807, 2.05) is 12.1 Å². The molecule has 2 aliphatic rings. The Balaban J connectivity index is 1.41. The number of anilines is 1. The Morgan fingerprint density at radius 2 is 2.15 bits per heavy atom. The molecule has 0 aliphatic carbocycles. The van der Waals surface area contributed by atoms with E-state index >= 15 is 0 Å². The highest BCUT2D eigenvalue weighted by atomic mass is 16.5. The highest BCUT2D eigenvalue weighted by molar-refractivity contribution is 5.91. The van der Waals surface area contributed by atoms with Crippen LogP contribution in [0.15, 0.2) is 28.9 Å². The smallest absolute Gasteiger partial charge is 0.292 e. The number of hydrogen-bond acceptors (Lipinski definition) is 7. The van der Waals surface area contributed by atoms with E-state index < -0.39 is 0 Å². The van der Waals surface area contributed by atoms with Crippen molar-refractivity contribution in [1.82, 2.24) is 15.0 Å². The lowest BCUT2D eigenvalue weighted by atomic mass is 10.3. The van der Waals surface area contributed by atoms with Gasteiger partial charge in [0.15, 0.2) is 11.6 Å². The molecule has 4 rings (SSSR count). The third-order valence-electron chi connectivity index (χ3n) is 4.79. The topological polar surface area (TPSA) is 80.9 Å². The van der Waals surface area contributed by atoms with Gasteiger partial charge >= 0.3 is 0 Å². The summed E-state index contributed by atoms with van der Waals surface area (Å²) in [6, 6.07) is 5.34. The van der Waals surface area contributed by atoms with Crippen LogP contribution in [0.5, 0.6) is 11.6 Å². The molecule has 138 valence electrons. The maximum Gasteiger partial charge on any atom is 0.292 e. The Morgan fingerprint density at radius 1 is 1.31 bits per heavy atom. The Bertz CT molecular complexity index is 772. The van der Waals surface area contributed by atoms with E-state index in [4.69, 9.17) is 14.0 Å². The average Bonchev–Trinajstić information content (AvgIpc) is 3.42. The minimum Gasteiger partial charge on any atom is -0.485 e. The summed E-state index contributed by atoms with van der Waals surface area (Å²) in [5, 5.41) is 3.68. The number of amides is 1. The van der Waals surface area contributed by atoms with E-state index in [1.165, 1.54) is 26.0 Å². The maximum absolute atomic E-state index is 12.5. The summed E-state index contributed by atoms with van der Waals surface area (Å²) in [6.45, 7) is 3.15. The molecule has 1 amide bonds. The Kier molecular flexibility index (Phi) is 4.64. The van der Waals surface area contributed by atoms with Crippen molar-refractivity contribution < 1.29 is 18.8 Å². The quantitative estimate of drug-likeness (QED) is 0.808. The largest absolute Gasteiger partial charge is 0.485 e. The van der Waals surface area contributed by atoms with Gasteiger partial charge in [0, 0.05) is 32.3 Å². The first kappa shape index (κ1) is 16.7. The molecular weight excluding hydrogens is 336 g/mol. The molecule has 1 unspecified atom stereocenters. The molecule has 0 radical (unpaired) electrons. The van der Waals surface area contributed by atoms with Crippen molar-refractivity contribution in [2.75, 3.05) is 38.2 Å². The number of likely N-dealkylation sites (tertiary alicyclic amines) is 1. The van der Waals surface area contributed by atoms with Gasteiger partial charge in [0.25, 0.3) is 11.8 Å². The maximum atomic E-state index is 12.5. The first-order valence-electron chi connectivity index (χ1n) is 8.91. The predicted molar refractivity (Wildman–Crippen MR) is 93.7 cm³/mol. The normalized spacial score (nSPS) is 19.8. The number of nitrogens with zero attached hydrogens (tertiary/aromatic N) is 4. The van der Waals surface area contributed by atoms with Crippen LogP contribution in [0.2, 0.25) is 0 Å². The summed E-state index contributed by atoms with van der Waals surface area (Å²) in [5.41, 5.74) is 0. The third kappa shape index (κ3) is 3.31. The molecule has 8 nitrogen and oxygen atoms in total. The molecule has 4 heterocycles. The minimum absolute atomic E-state index is 0.0608. The van der Waals surface area contributed by atoms with Crippen LogP contribution in [0.4, 0.5) is 5.82 Å². The van der Waals surface area contributed by atoms with Gasteiger partial charge in [-0.05, 0) is 30.1 Å². The highest BCUT2D eigenvalue weighted by Gasteiger charge is 2.31. The zero-order chi connectivity index (χ0) is 17.9. The SMILES string of the molecule is COc1cc(C(=O)N2CCC(Oc3cccnc3N3CCCC3)C2)on1. The van der Waals surface area contributed by atoms with E-state index in [0.717, 1.165) is 31.1 Å². The van der Waals surface area contributed by atoms with Crippen molar-refractivity contribution in [3.05, 3.63) is 30.2 Å². The summed E-state index contributed by atoms with van der Waals surface area (Å²) in [4.78, 5) is 21.0. The number of carbonyl (C=O) groups excluding carboxylic acids is 1. The summed E-state index contributed by atoms with van der Waals surface area (Å²) in [5.74, 6) is 1.97. The van der Waals surface area contributed by atoms with Crippen LogP contribution in [-0.2, 0) is 0 Å². The number of rotatable bonds is 5. The first-order chi connectivity index (χ1) is 12.7. The summed E-state index contributed by atoms with van der Waals surface area (Å²) in [6.07, 6.45) is 4.87. The van der Waals surface area contributed by atoms with Crippen molar-refractivity contribution in [3.8, 4) is 11.6 Å². The van der Waals surface area contributed by atoms with Gasteiger partial charge in [0.2, 0.25) is 5.76 Å². The fraction of sp³-hybridized carbons (Fsp3) is 0.500. The highest BCUT2D eigenvalue weighted by Crippen LogP contribution is 2.30. The zero-order valence-electron chi connectivity index (χ0n) is 14.8. The van der Waals surface area contributed by atoms with Gasteiger partial charge in [-0.1, -0.05) is 0 Å². The van der Waals surface area contributed by atoms with Gasteiger partial charge in [0.1, 0.15) is 6.10 Å². The third-order valence-corrected chi connectivity index (χ3v) is 4.79. The average molecular weight is 358 g/mol. The number of methoxy groups -OCH3 is 1. The lowest BCUT2D eigenvalue weighted by Crippen LogP contribution is -2.31. The summed E-state index contributed by atoms with van der Waals surface area (Å²) >= 11 is 0. The second-order valence-electron chi connectivity index (χ2n) is 6.53. The van der Waals surface area contributed by atoms with Crippen LogP contribution >= 0.6 is 0 Å². The molecule has 0 bridgehead atoms. The van der Waals surface area contributed by atoms with Crippen LogP contribution in [0.25, 0.3) is 0 Å². The van der Waals surface area contributed by atoms with Crippen molar-refractivity contribution >= 4 is 11.7 Å². The molecule has 1 atom stereocenters. The molecule has 0 saturated carbocycles. The standard InChI is InChI=1S/C18H22N4O4/c1-24-16-11-15(26-20-16)18(23)22-10-6-13(12-22)25-14-5-4-7-19-17(14)21-8-2-3-9-21/h4-5,7,11,13H,2-3,6,8-10,12H2,1H3. The molecule has 2 aromatic heterocycles. The van der Waals surface area contributed by atoms with Gasteiger partial charge in [0.05, 0.1) is 19.7 Å². The van der Waals surface area contributed by atoms with Crippen molar-refractivity contribution in [2.45, 2.75) is 25.4 Å². The molecule has 26 heavy (non-hydrogen) atoms. The Hall–Kier alpha value is -2.77. The van der Waals surface area contributed by atoms with Gasteiger partial charge in [-0.2, -0.15) is 0 Å². The van der Waals surface area contributed by atoms with Crippen LogP contribution in [-0.4, -0.2) is 60.3 Å². The van der Waals surface area contributed by atoms with Gasteiger partial charge in [-0.25, -0.2) is 4.98 Å². The van der Waals surface area contributed by atoms with Crippen LogP contribution in [0.3, 0.4) is 0 Å². The van der Waals surface area contributed by atoms with E-state index in [1.54, 1.807) is 11.1 Å². The lowest BCUT2D eigenvalue weighted by molar-refractivity contribution is 0.0731.